The van der Waals surface area contributed by atoms with Gasteiger partial charge in [0.15, 0.2) is 0 Å². The summed E-state index contributed by atoms with van der Waals surface area (Å²) in [5.74, 6) is -0.885. The fourth-order valence-electron chi connectivity index (χ4n) is 1.69. The van der Waals surface area contributed by atoms with Gasteiger partial charge in [-0.05, 0) is 52.2 Å². The van der Waals surface area contributed by atoms with E-state index in [1.54, 1.807) is 30.3 Å². The molecule has 1 heterocycles. The lowest BCUT2D eigenvalue weighted by atomic mass is 10.1. The molecule has 21 heavy (non-hydrogen) atoms. The Morgan fingerprint density at radius 1 is 1.29 bits per heavy atom. The van der Waals surface area contributed by atoms with Crippen LogP contribution in [0.25, 0.3) is 0 Å². The van der Waals surface area contributed by atoms with Crippen molar-refractivity contribution in [3.63, 3.8) is 0 Å². The van der Waals surface area contributed by atoms with Crippen LogP contribution in [-0.4, -0.2) is 19.5 Å². The van der Waals surface area contributed by atoms with Gasteiger partial charge in [0.05, 0.1) is 3.79 Å². The summed E-state index contributed by atoms with van der Waals surface area (Å²) in [4.78, 5) is 10.6. The maximum atomic E-state index is 12.2. The van der Waals surface area contributed by atoms with Crippen molar-refractivity contribution in [2.45, 2.75) is 17.1 Å². The maximum Gasteiger partial charge on any atom is 0.303 e. The van der Waals surface area contributed by atoms with Crippen LogP contribution in [0.2, 0.25) is 0 Å². The van der Waals surface area contributed by atoms with Gasteiger partial charge in [-0.2, -0.15) is 0 Å². The molecular weight excluding hydrogens is 378 g/mol. The van der Waals surface area contributed by atoms with E-state index in [-0.39, 0.29) is 10.6 Å². The van der Waals surface area contributed by atoms with Crippen LogP contribution in [0.3, 0.4) is 0 Å². The van der Waals surface area contributed by atoms with Gasteiger partial charge in [0.1, 0.15) is 4.21 Å². The molecule has 0 aliphatic heterocycles. The normalized spacial score (nSPS) is 11.3. The van der Waals surface area contributed by atoms with E-state index in [1.807, 2.05) is 0 Å². The molecule has 0 spiro atoms. The summed E-state index contributed by atoms with van der Waals surface area (Å²) in [6.07, 6.45) is 0.365. The number of hydrogen-bond donors (Lipinski definition) is 2. The van der Waals surface area contributed by atoms with E-state index >= 15 is 0 Å². The number of benzene rings is 1. The number of carboxylic acids is 1. The van der Waals surface area contributed by atoms with Crippen molar-refractivity contribution in [3.05, 3.63) is 45.7 Å². The second-order valence-corrected chi connectivity index (χ2v) is 8.63. The molecule has 0 radical (unpaired) electrons. The van der Waals surface area contributed by atoms with Gasteiger partial charge in [-0.25, -0.2) is 8.42 Å². The van der Waals surface area contributed by atoms with Crippen LogP contribution in [-0.2, 0) is 21.2 Å². The number of carbonyl (C=O) groups is 1. The molecule has 1 aromatic heterocycles. The zero-order valence-corrected chi connectivity index (χ0v) is 14.0. The van der Waals surface area contributed by atoms with Gasteiger partial charge in [0.2, 0.25) is 0 Å². The van der Waals surface area contributed by atoms with Crippen molar-refractivity contribution in [3.8, 4) is 0 Å². The number of sulfonamides is 1. The third-order valence-corrected chi connectivity index (χ3v) is 6.12. The molecule has 8 heteroatoms. The Bertz CT molecular complexity index is 755. The Hall–Kier alpha value is -1.38. The Labute approximate surface area is 134 Å². The van der Waals surface area contributed by atoms with E-state index in [9.17, 15) is 13.2 Å². The molecule has 2 N–H and O–H groups in total. The zero-order valence-electron chi connectivity index (χ0n) is 10.7. The number of rotatable bonds is 6. The third kappa shape index (κ3) is 4.55. The maximum absolute atomic E-state index is 12.2. The van der Waals surface area contributed by atoms with E-state index in [1.165, 1.54) is 6.07 Å². The first-order valence-corrected chi connectivity index (χ1v) is 9.05. The van der Waals surface area contributed by atoms with Crippen LogP contribution in [0.1, 0.15) is 12.0 Å². The molecule has 0 aliphatic carbocycles. The third-order valence-electron chi connectivity index (χ3n) is 2.62. The molecule has 112 valence electrons. The minimum atomic E-state index is -3.62. The van der Waals surface area contributed by atoms with Crippen molar-refractivity contribution < 1.29 is 18.3 Å². The lowest BCUT2D eigenvalue weighted by Crippen LogP contribution is -2.11. The summed E-state index contributed by atoms with van der Waals surface area (Å²) in [5, 5.41) is 8.67. The second-order valence-electron chi connectivity index (χ2n) is 4.26. The predicted molar refractivity (Wildman–Crippen MR) is 85.2 cm³/mol. The average molecular weight is 390 g/mol. The number of carboxylic acid groups (broad SMARTS) is 1. The predicted octanol–water partition coefficient (Wildman–Crippen LogP) is 3.33. The lowest BCUT2D eigenvalue weighted by molar-refractivity contribution is -0.136. The first-order chi connectivity index (χ1) is 9.87. The van der Waals surface area contributed by atoms with Gasteiger partial charge >= 0.3 is 5.97 Å². The lowest BCUT2D eigenvalue weighted by Gasteiger charge is -2.07. The highest BCUT2D eigenvalue weighted by Gasteiger charge is 2.16. The summed E-state index contributed by atoms with van der Waals surface area (Å²) in [6, 6.07) is 9.92. The number of aliphatic carboxylic acids is 1. The minimum absolute atomic E-state index is 0.00801. The van der Waals surface area contributed by atoms with Crippen LogP contribution in [0.5, 0.6) is 0 Å². The van der Waals surface area contributed by atoms with Crippen LogP contribution in [0.15, 0.2) is 44.4 Å². The van der Waals surface area contributed by atoms with Crippen LogP contribution < -0.4 is 4.72 Å². The fraction of sp³-hybridized carbons (Fsp3) is 0.154. The SMILES string of the molecule is O=C(O)CCc1cccc(NS(=O)(=O)c2ccc(Br)s2)c1. The molecule has 0 atom stereocenters. The molecule has 0 saturated heterocycles. The molecule has 5 nitrogen and oxygen atoms in total. The summed E-state index contributed by atoms with van der Waals surface area (Å²) in [6.45, 7) is 0. The quantitative estimate of drug-likeness (QED) is 0.793. The average Bonchev–Trinajstić information content (AvgIpc) is 2.84. The first kappa shape index (κ1) is 16.0. The van der Waals surface area contributed by atoms with E-state index in [0.29, 0.717) is 12.1 Å². The van der Waals surface area contributed by atoms with Crippen molar-refractivity contribution in [2.24, 2.45) is 0 Å². The largest absolute Gasteiger partial charge is 0.481 e. The summed E-state index contributed by atoms with van der Waals surface area (Å²) < 4.78 is 27.8. The summed E-state index contributed by atoms with van der Waals surface area (Å²) in [5.41, 5.74) is 1.19. The number of halogens is 1. The molecular formula is C13H12BrNO4S2. The molecule has 0 saturated carbocycles. The number of thiophene rings is 1. The van der Waals surface area contributed by atoms with Gasteiger partial charge in [-0.1, -0.05) is 12.1 Å². The molecule has 2 aromatic rings. The monoisotopic (exact) mass is 389 g/mol. The van der Waals surface area contributed by atoms with Gasteiger partial charge in [0.25, 0.3) is 10.0 Å². The molecule has 2 rings (SSSR count). The van der Waals surface area contributed by atoms with Crippen molar-refractivity contribution in [1.29, 1.82) is 0 Å². The Morgan fingerprint density at radius 3 is 2.67 bits per heavy atom. The van der Waals surface area contributed by atoms with Crippen LogP contribution in [0, 0.1) is 0 Å². The van der Waals surface area contributed by atoms with Crippen LogP contribution >= 0.6 is 27.3 Å². The highest BCUT2D eigenvalue weighted by atomic mass is 79.9. The number of aryl methyl sites for hydroxylation is 1. The first-order valence-electron chi connectivity index (χ1n) is 5.96. The Balaban J connectivity index is 2.16. The second kappa shape index (κ2) is 6.59. The van der Waals surface area contributed by atoms with E-state index < -0.39 is 16.0 Å². The minimum Gasteiger partial charge on any atom is -0.481 e. The number of nitrogens with one attached hydrogen (secondary N) is 1. The fourth-order valence-corrected chi connectivity index (χ4v) is 4.75. The molecule has 1 aromatic carbocycles. The standard InChI is InChI=1S/C13H12BrNO4S2/c14-11-5-7-13(20-11)21(18,19)15-10-3-1-2-9(8-10)4-6-12(16)17/h1-3,5,7-8,15H,4,6H2,(H,16,17). The topological polar surface area (TPSA) is 83.5 Å². The highest BCUT2D eigenvalue weighted by Crippen LogP contribution is 2.27. The molecule has 0 amide bonds. The van der Waals surface area contributed by atoms with Gasteiger partial charge < -0.3 is 5.11 Å². The molecule has 0 bridgehead atoms. The van der Waals surface area contributed by atoms with Gasteiger partial charge in [-0.15, -0.1) is 11.3 Å². The van der Waals surface area contributed by atoms with Crippen LogP contribution in [0.4, 0.5) is 5.69 Å². The number of hydrogen-bond acceptors (Lipinski definition) is 4. The zero-order chi connectivity index (χ0) is 15.5. The van der Waals surface area contributed by atoms with E-state index in [0.717, 1.165) is 20.7 Å². The molecule has 0 aliphatic rings. The smallest absolute Gasteiger partial charge is 0.303 e. The number of anilines is 1. The molecule has 0 fully saturated rings. The summed E-state index contributed by atoms with van der Waals surface area (Å²) in [7, 11) is -3.62. The van der Waals surface area contributed by atoms with E-state index in [4.69, 9.17) is 5.11 Å². The van der Waals surface area contributed by atoms with Crippen molar-refractivity contribution in [2.75, 3.05) is 4.72 Å². The van der Waals surface area contributed by atoms with E-state index in [2.05, 4.69) is 20.7 Å². The highest BCUT2D eigenvalue weighted by molar-refractivity contribution is 9.11. The van der Waals surface area contributed by atoms with Crippen molar-refractivity contribution in [1.82, 2.24) is 0 Å². The summed E-state index contributed by atoms with van der Waals surface area (Å²) >= 11 is 4.35. The van der Waals surface area contributed by atoms with Crippen molar-refractivity contribution >= 4 is 48.9 Å². The Kier molecular flexibility index (Phi) is 5.02. The molecule has 0 unspecified atom stereocenters. The Morgan fingerprint density at radius 2 is 2.05 bits per heavy atom. The van der Waals surface area contributed by atoms with Gasteiger partial charge in [0, 0.05) is 12.1 Å². The van der Waals surface area contributed by atoms with Gasteiger partial charge in [-0.3, -0.25) is 9.52 Å².